The number of oxazole rings is 1. The van der Waals surface area contributed by atoms with Gasteiger partial charge in [0.1, 0.15) is 5.76 Å². The number of nitrogens with one attached hydrogen (secondary N) is 2. The van der Waals surface area contributed by atoms with Gasteiger partial charge in [-0.3, -0.25) is 4.99 Å². The van der Waals surface area contributed by atoms with Crippen molar-refractivity contribution >= 4 is 45.9 Å². The van der Waals surface area contributed by atoms with E-state index >= 15 is 0 Å². The Morgan fingerprint density at radius 2 is 2.08 bits per heavy atom. The van der Waals surface area contributed by atoms with Gasteiger partial charge in [-0.25, -0.2) is 4.98 Å². The summed E-state index contributed by atoms with van der Waals surface area (Å²) in [6, 6.07) is 8.64. The minimum atomic E-state index is 0. The smallest absolute Gasteiger partial charge is 0.214 e. The largest absolute Gasteiger partial charge is 0.444 e. The zero-order valence-corrected chi connectivity index (χ0v) is 19.4. The monoisotopic (exact) mass is 532 g/mol. The van der Waals surface area contributed by atoms with Gasteiger partial charge in [-0.2, -0.15) is 0 Å². The number of rotatable bonds is 5. The first-order valence-corrected chi connectivity index (χ1v) is 9.45. The van der Waals surface area contributed by atoms with Gasteiger partial charge in [0.25, 0.3) is 0 Å². The number of benzene rings is 1. The van der Waals surface area contributed by atoms with Crippen molar-refractivity contribution in [1.29, 1.82) is 0 Å². The standard InChI is InChI=1S/C19H25BrN4O.HI/c1-13-14(2)25-17(24-13)11-22-18(21-3)23-12-19(8-5-9-19)15-6-4-7-16(20)10-15;/h4,6-7,10H,5,8-9,11-12H2,1-3H3,(H2,21,22,23);1H. The molecule has 142 valence electrons. The van der Waals surface area contributed by atoms with Gasteiger partial charge < -0.3 is 15.1 Å². The first-order chi connectivity index (χ1) is 12.0. The molecule has 2 aromatic rings. The predicted molar refractivity (Wildman–Crippen MR) is 119 cm³/mol. The molecule has 26 heavy (non-hydrogen) atoms. The molecule has 0 saturated heterocycles. The molecule has 0 aliphatic heterocycles. The van der Waals surface area contributed by atoms with E-state index in [2.05, 4.69) is 60.8 Å². The molecule has 1 saturated carbocycles. The Balaban J connectivity index is 0.00000243. The average Bonchev–Trinajstić information content (AvgIpc) is 2.87. The van der Waals surface area contributed by atoms with E-state index in [0.29, 0.717) is 12.4 Å². The second kappa shape index (κ2) is 9.21. The highest BCUT2D eigenvalue weighted by Crippen LogP contribution is 2.43. The minimum absolute atomic E-state index is 0. The third-order valence-corrected chi connectivity index (χ3v) is 5.54. The van der Waals surface area contributed by atoms with Crippen molar-refractivity contribution in [2.45, 2.75) is 45.1 Å². The lowest BCUT2D eigenvalue weighted by molar-refractivity contribution is 0.243. The third kappa shape index (κ3) is 4.79. The SMILES string of the molecule is CN=C(NCc1nc(C)c(C)o1)NCC1(c2cccc(Br)c2)CCC1.I. The molecule has 3 rings (SSSR count). The number of aliphatic imine (C=N–C) groups is 1. The average molecular weight is 533 g/mol. The van der Waals surface area contributed by atoms with E-state index in [1.165, 1.54) is 24.8 Å². The lowest BCUT2D eigenvalue weighted by atomic mass is 9.64. The number of guanidine groups is 1. The van der Waals surface area contributed by atoms with Crippen LogP contribution in [-0.2, 0) is 12.0 Å². The van der Waals surface area contributed by atoms with Gasteiger partial charge >= 0.3 is 0 Å². The van der Waals surface area contributed by atoms with Crippen LogP contribution in [0.1, 0.15) is 42.2 Å². The summed E-state index contributed by atoms with van der Waals surface area (Å²) in [4.78, 5) is 8.71. The molecule has 0 bridgehead atoms. The molecular weight excluding hydrogens is 507 g/mol. The van der Waals surface area contributed by atoms with Crippen LogP contribution in [0.25, 0.3) is 0 Å². The van der Waals surface area contributed by atoms with Gasteiger partial charge in [0, 0.05) is 23.5 Å². The molecular formula is C19H26BrIN4O. The number of nitrogens with zero attached hydrogens (tertiary/aromatic N) is 2. The van der Waals surface area contributed by atoms with Crippen LogP contribution in [0.2, 0.25) is 0 Å². The quantitative estimate of drug-likeness (QED) is 0.339. The maximum atomic E-state index is 5.61. The van der Waals surface area contributed by atoms with Crippen molar-refractivity contribution in [1.82, 2.24) is 15.6 Å². The fraction of sp³-hybridized carbons (Fsp3) is 0.474. The van der Waals surface area contributed by atoms with Crippen molar-refractivity contribution in [2.24, 2.45) is 4.99 Å². The molecule has 1 aliphatic carbocycles. The molecule has 1 aromatic heterocycles. The Labute approximate surface area is 180 Å². The zero-order chi connectivity index (χ0) is 17.9. The molecule has 0 amide bonds. The van der Waals surface area contributed by atoms with Crippen LogP contribution in [0.4, 0.5) is 0 Å². The second-order valence-electron chi connectivity index (χ2n) is 6.67. The van der Waals surface area contributed by atoms with Crippen LogP contribution in [0.15, 0.2) is 38.1 Å². The van der Waals surface area contributed by atoms with Gasteiger partial charge in [0.2, 0.25) is 5.89 Å². The lowest BCUT2D eigenvalue weighted by Gasteiger charge is -2.43. The van der Waals surface area contributed by atoms with Gasteiger partial charge in [0.05, 0.1) is 12.2 Å². The fourth-order valence-corrected chi connectivity index (χ4v) is 3.64. The summed E-state index contributed by atoms with van der Waals surface area (Å²) >= 11 is 3.59. The maximum absolute atomic E-state index is 5.61. The molecule has 7 heteroatoms. The minimum Gasteiger partial charge on any atom is -0.444 e. The Morgan fingerprint density at radius 3 is 2.62 bits per heavy atom. The lowest BCUT2D eigenvalue weighted by Crippen LogP contribution is -2.48. The molecule has 0 radical (unpaired) electrons. The highest BCUT2D eigenvalue weighted by atomic mass is 127. The van der Waals surface area contributed by atoms with Crippen LogP contribution in [0.3, 0.4) is 0 Å². The third-order valence-electron chi connectivity index (χ3n) is 5.05. The van der Waals surface area contributed by atoms with Gasteiger partial charge in [-0.05, 0) is 44.4 Å². The summed E-state index contributed by atoms with van der Waals surface area (Å²) in [6.07, 6.45) is 3.67. The van der Waals surface area contributed by atoms with Crippen LogP contribution < -0.4 is 10.6 Å². The molecule has 1 aliphatic rings. The number of aromatic nitrogens is 1. The van der Waals surface area contributed by atoms with E-state index in [4.69, 9.17) is 4.42 Å². The highest BCUT2D eigenvalue weighted by Gasteiger charge is 2.38. The molecule has 5 nitrogen and oxygen atoms in total. The van der Waals surface area contributed by atoms with Gasteiger partial charge in [0.15, 0.2) is 5.96 Å². The van der Waals surface area contributed by atoms with Gasteiger partial charge in [-0.1, -0.05) is 34.5 Å². The van der Waals surface area contributed by atoms with Crippen LogP contribution >= 0.6 is 39.9 Å². The molecule has 0 unspecified atom stereocenters. The number of hydrogen-bond donors (Lipinski definition) is 2. The zero-order valence-electron chi connectivity index (χ0n) is 15.4. The van der Waals surface area contributed by atoms with Crippen molar-refractivity contribution in [3.63, 3.8) is 0 Å². The van der Waals surface area contributed by atoms with Crippen molar-refractivity contribution < 1.29 is 4.42 Å². The number of hydrogen-bond acceptors (Lipinski definition) is 3. The Kier molecular flexibility index (Phi) is 7.52. The summed E-state index contributed by atoms with van der Waals surface area (Å²) in [7, 11) is 1.79. The summed E-state index contributed by atoms with van der Waals surface area (Å²) in [5.41, 5.74) is 2.51. The van der Waals surface area contributed by atoms with Crippen molar-refractivity contribution in [3.8, 4) is 0 Å². The van der Waals surface area contributed by atoms with E-state index in [1.54, 1.807) is 7.05 Å². The first kappa shape index (κ1) is 21.2. The topological polar surface area (TPSA) is 62.5 Å². The van der Waals surface area contributed by atoms with Crippen LogP contribution in [0.5, 0.6) is 0 Å². The molecule has 1 aromatic carbocycles. The predicted octanol–water partition coefficient (Wildman–Crippen LogP) is 4.46. The van der Waals surface area contributed by atoms with E-state index in [1.807, 2.05) is 13.8 Å². The summed E-state index contributed by atoms with van der Waals surface area (Å²) in [6.45, 7) is 5.27. The fourth-order valence-electron chi connectivity index (χ4n) is 3.24. The van der Waals surface area contributed by atoms with Crippen LogP contribution in [-0.4, -0.2) is 24.5 Å². The Bertz CT molecular complexity index is 751. The Morgan fingerprint density at radius 1 is 1.31 bits per heavy atom. The summed E-state index contributed by atoms with van der Waals surface area (Å²) < 4.78 is 6.74. The molecule has 0 spiro atoms. The number of aryl methyl sites for hydroxylation is 2. The van der Waals surface area contributed by atoms with Gasteiger partial charge in [-0.15, -0.1) is 24.0 Å². The van der Waals surface area contributed by atoms with E-state index in [9.17, 15) is 0 Å². The van der Waals surface area contributed by atoms with Crippen LogP contribution in [0, 0.1) is 13.8 Å². The van der Waals surface area contributed by atoms with E-state index in [0.717, 1.165) is 28.4 Å². The molecule has 1 heterocycles. The molecule has 2 N–H and O–H groups in total. The van der Waals surface area contributed by atoms with Crippen molar-refractivity contribution in [2.75, 3.05) is 13.6 Å². The second-order valence-corrected chi connectivity index (χ2v) is 7.59. The summed E-state index contributed by atoms with van der Waals surface area (Å²) in [5.74, 6) is 2.32. The van der Waals surface area contributed by atoms with E-state index in [-0.39, 0.29) is 29.4 Å². The van der Waals surface area contributed by atoms with E-state index < -0.39 is 0 Å². The number of halogens is 2. The maximum Gasteiger partial charge on any atom is 0.214 e. The normalized spacial score (nSPS) is 15.8. The summed E-state index contributed by atoms with van der Waals surface area (Å²) in [5, 5.41) is 6.76. The first-order valence-electron chi connectivity index (χ1n) is 8.66. The highest BCUT2D eigenvalue weighted by molar-refractivity contribution is 14.0. The Hall–Kier alpha value is -1.09. The molecule has 1 fully saturated rings. The van der Waals surface area contributed by atoms with Crippen molar-refractivity contribution in [3.05, 3.63) is 51.6 Å². The molecule has 0 atom stereocenters.